The Hall–Kier alpha value is -2.52. The van der Waals surface area contributed by atoms with E-state index in [0.717, 1.165) is 0 Å². The van der Waals surface area contributed by atoms with Crippen LogP contribution in [0, 0.1) is 0 Å². The molecule has 0 unspecified atom stereocenters. The molecule has 0 atom stereocenters. The number of hydrogen-bond acceptors (Lipinski definition) is 3. The van der Waals surface area contributed by atoms with E-state index in [2.05, 4.69) is 0 Å². The second-order valence-corrected chi connectivity index (χ2v) is 5.02. The van der Waals surface area contributed by atoms with E-state index in [1.54, 1.807) is 24.3 Å². The van der Waals surface area contributed by atoms with E-state index < -0.39 is 17.6 Å². The molecule has 0 fully saturated rings. The lowest BCUT2D eigenvalue weighted by molar-refractivity contribution is 0.0686. The lowest BCUT2D eigenvalue weighted by Crippen LogP contribution is -2.09. The van der Waals surface area contributed by atoms with E-state index >= 15 is 0 Å². The van der Waals surface area contributed by atoms with Crippen LogP contribution in [-0.2, 0) is 4.57 Å². The van der Waals surface area contributed by atoms with Crippen LogP contribution in [0.4, 0.5) is 0 Å². The highest BCUT2D eigenvalue weighted by Gasteiger charge is 2.24. The summed E-state index contributed by atoms with van der Waals surface area (Å²) in [4.78, 5) is 22.5. The molecule has 0 heterocycles. The van der Waals surface area contributed by atoms with Crippen molar-refractivity contribution in [1.29, 1.82) is 0 Å². The van der Waals surface area contributed by atoms with Gasteiger partial charge in [-0.25, -0.2) is 9.59 Å². The Morgan fingerprint density at radius 3 is 1.52 bits per heavy atom. The molecule has 2 aromatic carbocycles. The summed E-state index contributed by atoms with van der Waals surface area (Å²) in [5.41, 5.74) is -0.201. The van der Waals surface area contributed by atoms with Crippen molar-refractivity contribution in [1.82, 2.24) is 0 Å². The van der Waals surface area contributed by atoms with E-state index in [0.29, 0.717) is 11.1 Å². The quantitative estimate of drug-likeness (QED) is 0.825. The Kier molecular flexibility index (Phi) is 4.45. The standard InChI is InChI=1S/C15H11O5P/c16-14(17)11-7-3-1-5-9(11)13(21-20)10-6-2-4-8-12(10)15(18)19/h1-8,13H,(H,16,17)(H,18,19). The smallest absolute Gasteiger partial charge is 0.336 e. The van der Waals surface area contributed by atoms with Gasteiger partial charge in [0.15, 0.2) is 8.46 Å². The summed E-state index contributed by atoms with van der Waals surface area (Å²) in [5.74, 6) is -2.29. The van der Waals surface area contributed by atoms with Gasteiger partial charge in [-0.1, -0.05) is 36.4 Å². The van der Waals surface area contributed by atoms with Crippen molar-refractivity contribution in [2.75, 3.05) is 0 Å². The van der Waals surface area contributed by atoms with Crippen LogP contribution in [0.5, 0.6) is 0 Å². The van der Waals surface area contributed by atoms with Gasteiger partial charge in [0.1, 0.15) is 0 Å². The molecule has 106 valence electrons. The van der Waals surface area contributed by atoms with Crippen LogP contribution in [0.25, 0.3) is 0 Å². The summed E-state index contributed by atoms with van der Waals surface area (Å²) in [6, 6.07) is 12.3. The minimum atomic E-state index is -1.15. The fourth-order valence-electron chi connectivity index (χ4n) is 2.14. The third-order valence-corrected chi connectivity index (χ3v) is 3.84. The average Bonchev–Trinajstić information content (AvgIpc) is 2.48. The number of benzene rings is 2. The Morgan fingerprint density at radius 1 is 0.810 bits per heavy atom. The zero-order valence-corrected chi connectivity index (χ0v) is 11.7. The van der Waals surface area contributed by atoms with Crippen molar-refractivity contribution in [3.05, 3.63) is 70.8 Å². The molecular weight excluding hydrogens is 291 g/mol. The van der Waals surface area contributed by atoms with E-state index in [9.17, 15) is 24.4 Å². The number of carboxylic acid groups (broad SMARTS) is 2. The topological polar surface area (TPSA) is 91.7 Å². The van der Waals surface area contributed by atoms with Crippen molar-refractivity contribution in [3.63, 3.8) is 0 Å². The average molecular weight is 302 g/mol. The molecule has 2 rings (SSSR count). The molecule has 2 N–H and O–H groups in total. The van der Waals surface area contributed by atoms with Gasteiger partial charge in [0.25, 0.3) is 0 Å². The second-order valence-electron chi connectivity index (χ2n) is 4.29. The molecule has 0 aliphatic heterocycles. The van der Waals surface area contributed by atoms with Crippen molar-refractivity contribution in [2.45, 2.75) is 5.66 Å². The molecule has 0 aliphatic rings. The summed E-state index contributed by atoms with van der Waals surface area (Å²) < 4.78 is 11.6. The second kappa shape index (κ2) is 6.29. The first-order valence-electron chi connectivity index (χ1n) is 6.03. The molecule has 0 spiro atoms. The van der Waals surface area contributed by atoms with Crippen LogP contribution in [0.2, 0.25) is 0 Å². The fraction of sp³-hybridized carbons (Fsp3) is 0.0667. The molecule has 21 heavy (non-hydrogen) atoms. The van der Waals surface area contributed by atoms with Gasteiger partial charge in [-0.15, -0.1) is 0 Å². The first kappa shape index (κ1) is 14.9. The summed E-state index contributed by atoms with van der Waals surface area (Å²) in [6.45, 7) is 0. The number of hydrogen-bond donors (Lipinski definition) is 2. The monoisotopic (exact) mass is 302 g/mol. The number of carbonyl (C=O) groups is 2. The molecule has 0 amide bonds. The summed E-state index contributed by atoms with van der Waals surface area (Å²) in [6.07, 6.45) is 0. The molecule has 0 aliphatic carbocycles. The van der Waals surface area contributed by atoms with E-state index in [-0.39, 0.29) is 19.6 Å². The maximum atomic E-state index is 11.6. The van der Waals surface area contributed by atoms with Crippen LogP contribution in [0.1, 0.15) is 37.5 Å². The molecule has 0 radical (unpaired) electrons. The minimum Gasteiger partial charge on any atom is -0.478 e. The van der Waals surface area contributed by atoms with Gasteiger partial charge in [0.05, 0.1) is 16.8 Å². The van der Waals surface area contributed by atoms with Gasteiger partial charge >= 0.3 is 11.9 Å². The summed E-state index contributed by atoms with van der Waals surface area (Å²) >= 11 is 0. The number of carboxylic acids is 2. The molecule has 5 nitrogen and oxygen atoms in total. The predicted molar refractivity (Wildman–Crippen MR) is 76.3 cm³/mol. The number of rotatable bonds is 5. The lowest BCUT2D eigenvalue weighted by Gasteiger charge is -2.15. The van der Waals surface area contributed by atoms with Crippen LogP contribution < -0.4 is 0 Å². The molecular formula is C15H11O5P. The normalized spacial score (nSPS) is 10.7. The zero-order chi connectivity index (χ0) is 15.4. The highest BCUT2D eigenvalue weighted by atomic mass is 31.1. The third kappa shape index (κ3) is 2.98. The van der Waals surface area contributed by atoms with Gasteiger partial charge in [-0.3, -0.25) is 4.57 Å². The van der Waals surface area contributed by atoms with Crippen LogP contribution in [0.3, 0.4) is 0 Å². The van der Waals surface area contributed by atoms with E-state index in [1.807, 2.05) is 0 Å². The lowest BCUT2D eigenvalue weighted by atomic mass is 9.96. The number of aromatic carboxylic acids is 2. The van der Waals surface area contributed by atoms with Gasteiger partial charge in [0.2, 0.25) is 0 Å². The minimum absolute atomic E-state index is 0.00559. The Morgan fingerprint density at radius 2 is 1.19 bits per heavy atom. The van der Waals surface area contributed by atoms with Crippen molar-refractivity contribution in [3.8, 4) is 0 Å². The van der Waals surface area contributed by atoms with Gasteiger partial charge in [-0.2, -0.15) is 0 Å². The Bertz CT molecular complexity index is 653. The highest BCUT2D eigenvalue weighted by Crippen LogP contribution is 2.37. The van der Waals surface area contributed by atoms with Crippen molar-refractivity contribution >= 4 is 20.4 Å². The maximum absolute atomic E-state index is 11.6. The molecule has 0 saturated carbocycles. The van der Waals surface area contributed by atoms with E-state index in [1.165, 1.54) is 24.3 Å². The Balaban J connectivity index is 2.64. The van der Waals surface area contributed by atoms with Crippen molar-refractivity contribution in [2.24, 2.45) is 0 Å². The SMILES string of the molecule is O=PC(c1ccccc1C(=O)O)c1ccccc1C(=O)O. The first-order valence-corrected chi connectivity index (χ1v) is 6.91. The van der Waals surface area contributed by atoms with Gasteiger partial charge < -0.3 is 10.2 Å². The van der Waals surface area contributed by atoms with Crippen molar-refractivity contribution < 1.29 is 24.4 Å². The van der Waals surface area contributed by atoms with E-state index in [4.69, 9.17) is 0 Å². The Labute approximate surface area is 122 Å². The molecule has 6 heteroatoms. The third-order valence-electron chi connectivity index (χ3n) is 3.08. The maximum Gasteiger partial charge on any atom is 0.336 e. The molecule has 0 aromatic heterocycles. The van der Waals surface area contributed by atoms with Crippen LogP contribution in [-0.4, -0.2) is 22.2 Å². The summed E-state index contributed by atoms with van der Waals surface area (Å²) in [7, 11) is -0.366. The van der Waals surface area contributed by atoms with Crippen LogP contribution >= 0.6 is 8.46 Å². The molecule has 2 aromatic rings. The van der Waals surface area contributed by atoms with Gasteiger partial charge in [0, 0.05) is 0 Å². The highest BCUT2D eigenvalue weighted by molar-refractivity contribution is 7.24. The predicted octanol–water partition coefficient (Wildman–Crippen LogP) is 3.46. The summed E-state index contributed by atoms with van der Waals surface area (Å²) in [5, 5.41) is 18.4. The van der Waals surface area contributed by atoms with Gasteiger partial charge in [-0.05, 0) is 23.3 Å². The fourth-order valence-corrected chi connectivity index (χ4v) is 2.82. The molecule has 0 bridgehead atoms. The first-order chi connectivity index (χ1) is 10.1. The molecule has 0 saturated heterocycles. The zero-order valence-electron chi connectivity index (χ0n) is 10.8. The largest absolute Gasteiger partial charge is 0.478 e. The van der Waals surface area contributed by atoms with Crippen LogP contribution in [0.15, 0.2) is 48.5 Å².